The molecule has 2 aromatic rings. The van der Waals surface area contributed by atoms with E-state index in [4.69, 9.17) is 4.84 Å². The number of hydroxylamine groups is 2. The van der Waals surface area contributed by atoms with E-state index < -0.39 is 12.1 Å². The average molecular weight is 541 g/mol. The van der Waals surface area contributed by atoms with Gasteiger partial charge < -0.3 is 20.5 Å². The molecule has 0 fully saturated rings. The molecule has 0 radical (unpaired) electrons. The van der Waals surface area contributed by atoms with Gasteiger partial charge in [0.05, 0.1) is 12.6 Å². The summed E-state index contributed by atoms with van der Waals surface area (Å²) in [4.78, 5) is 45.1. The Labute approximate surface area is 232 Å². The Hall–Kier alpha value is -3.27. The van der Waals surface area contributed by atoms with Crippen LogP contribution in [0.3, 0.4) is 0 Å². The highest BCUT2D eigenvalue weighted by molar-refractivity contribution is 5.82. The molecular weight excluding hydrogens is 496 g/mol. The maximum Gasteiger partial charge on any atom is 0.251 e. The third kappa shape index (κ3) is 12.0. The number of hydrogen-bond donors (Lipinski definition) is 3. The zero-order valence-corrected chi connectivity index (χ0v) is 23.6. The van der Waals surface area contributed by atoms with Crippen molar-refractivity contribution >= 4 is 18.1 Å². The van der Waals surface area contributed by atoms with Crippen molar-refractivity contribution in [2.24, 2.45) is 5.92 Å². The van der Waals surface area contributed by atoms with Crippen molar-refractivity contribution in [1.82, 2.24) is 20.6 Å². The van der Waals surface area contributed by atoms with E-state index in [1.165, 1.54) is 5.06 Å². The Morgan fingerprint density at radius 2 is 1.59 bits per heavy atom. The number of rotatable bonds is 18. The van der Waals surface area contributed by atoms with Crippen molar-refractivity contribution in [1.29, 1.82) is 0 Å². The number of likely N-dealkylation sites (N-methyl/N-ethyl adjacent to an activating group) is 2. The topological polar surface area (TPSA) is 111 Å². The highest BCUT2D eigenvalue weighted by atomic mass is 16.7. The quantitative estimate of drug-likeness (QED) is 0.197. The van der Waals surface area contributed by atoms with Crippen LogP contribution in [0.2, 0.25) is 0 Å². The molecule has 2 atom stereocenters. The largest absolute Gasteiger partial charge is 0.508 e. The Morgan fingerprint density at radius 3 is 2.21 bits per heavy atom. The van der Waals surface area contributed by atoms with E-state index in [2.05, 4.69) is 24.5 Å². The number of carbonyl (C=O) groups excluding carboxylic acids is 3. The van der Waals surface area contributed by atoms with Crippen molar-refractivity contribution in [3.8, 4) is 5.75 Å². The summed E-state index contributed by atoms with van der Waals surface area (Å²) in [5, 5.41) is 17.1. The summed E-state index contributed by atoms with van der Waals surface area (Å²) in [6, 6.07) is 16.0. The molecular formula is C30H44N4O5. The number of amides is 2. The number of hydrogen-bond acceptors (Lipinski definition) is 7. The first-order valence-corrected chi connectivity index (χ1v) is 13.7. The minimum atomic E-state index is -0.801. The lowest BCUT2D eigenvalue weighted by Gasteiger charge is -2.28. The summed E-state index contributed by atoms with van der Waals surface area (Å²) in [7, 11) is 1.86. The van der Waals surface area contributed by atoms with Crippen LogP contribution in [-0.4, -0.2) is 85.1 Å². The molecule has 0 aliphatic rings. The SMILES string of the molecule is CCN(CC=O)OC(Cc1ccccc1)C(=O)NCCN(C)C(Cc1ccc(O)cc1)C(=O)NCCC(C)C. The number of aldehydes is 1. The van der Waals surface area contributed by atoms with Gasteiger partial charge in [-0.1, -0.05) is 63.2 Å². The smallest absolute Gasteiger partial charge is 0.251 e. The molecule has 3 N–H and O–H groups in total. The first-order chi connectivity index (χ1) is 18.7. The molecule has 2 aromatic carbocycles. The van der Waals surface area contributed by atoms with Crippen molar-refractivity contribution in [2.75, 3.05) is 39.8 Å². The van der Waals surface area contributed by atoms with Crippen LogP contribution in [0.25, 0.3) is 0 Å². The second-order valence-electron chi connectivity index (χ2n) is 10.1. The van der Waals surface area contributed by atoms with E-state index in [-0.39, 0.29) is 24.1 Å². The number of phenols is 1. The molecule has 9 nitrogen and oxygen atoms in total. The van der Waals surface area contributed by atoms with Crippen LogP contribution in [0.15, 0.2) is 54.6 Å². The minimum absolute atomic E-state index is 0.0721. The number of carbonyl (C=O) groups is 3. The fourth-order valence-corrected chi connectivity index (χ4v) is 4.05. The molecule has 0 aliphatic carbocycles. The predicted octanol–water partition coefficient (Wildman–Crippen LogP) is 2.58. The van der Waals surface area contributed by atoms with Gasteiger partial charge >= 0.3 is 0 Å². The van der Waals surface area contributed by atoms with Crippen LogP contribution in [0.5, 0.6) is 5.75 Å². The highest BCUT2D eigenvalue weighted by Crippen LogP contribution is 2.14. The summed E-state index contributed by atoms with van der Waals surface area (Å²) in [5.41, 5.74) is 1.88. The molecule has 9 heteroatoms. The fraction of sp³-hybridized carbons (Fsp3) is 0.500. The number of nitrogens with zero attached hydrogens (tertiary/aromatic N) is 2. The number of phenolic OH excluding ortho intramolecular Hbond substituents is 1. The van der Waals surface area contributed by atoms with Crippen molar-refractivity contribution in [2.45, 2.75) is 52.2 Å². The van der Waals surface area contributed by atoms with E-state index in [0.717, 1.165) is 23.8 Å². The van der Waals surface area contributed by atoms with E-state index in [1.807, 2.05) is 61.3 Å². The van der Waals surface area contributed by atoms with Crippen molar-refractivity contribution in [3.63, 3.8) is 0 Å². The molecule has 0 saturated carbocycles. The van der Waals surface area contributed by atoms with Crippen LogP contribution in [0.4, 0.5) is 0 Å². The fourth-order valence-electron chi connectivity index (χ4n) is 4.05. The molecule has 214 valence electrons. The average Bonchev–Trinajstić information content (AvgIpc) is 2.92. The van der Waals surface area contributed by atoms with Gasteiger partial charge in [-0.25, -0.2) is 0 Å². The third-order valence-electron chi connectivity index (χ3n) is 6.45. The molecule has 0 heterocycles. The van der Waals surface area contributed by atoms with Gasteiger partial charge in [0.2, 0.25) is 5.91 Å². The molecule has 0 bridgehead atoms. The van der Waals surface area contributed by atoms with Crippen LogP contribution >= 0.6 is 0 Å². The van der Waals surface area contributed by atoms with Gasteiger partial charge in [-0.15, -0.1) is 0 Å². The maximum atomic E-state index is 13.1. The van der Waals surface area contributed by atoms with Crippen molar-refractivity contribution < 1.29 is 24.3 Å². The van der Waals surface area contributed by atoms with E-state index in [1.54, 1.807) is 12.1 Å². The first-order valence-electron chi connectivity index (χ1n) is 13.7. The second kappa shape index (κ2) is 17.3. The zero-order chi connectivity index (χ0) is 28.6. The molecule has 2 amide bonds. The van der Waals surface area contributed by atoms with Crippen LogP contribution < -0.4 is 10.6 Å². The van der Waals surface area contributed by atoms with Crippen molar-refractivity contribution in [3.05, 3.63) is 65.7 Å². The van der Waals surface area contributed by atoms with Gasteiger partial charge in [-0.2, -0.15) is 5.06 Å². The highest BCUT2D eigenvalue weighted by Gasteiger charge is 2.26. The monoisotopic (exact) mass is 540 g/mol. The third-order valence-corrected chi connectivity index (χ3v) is 6.45. The zero-order valence-electron chi connectivity index (χ0n) is 23.6. The van der Waals surface area contributed by atoms with Gasteiger partial charge in [0, 0.05) is 32.6 Å². The summed E-state index contributed by atoms with van der Waals surface area (Å²) in [6.07, 6.45) is 1.66. The molecule has 2 rings (SSSR count). The van der Waals surface area contributed by atoms with Crippen LogP contribution in [0.1, 0.15) is 38.3 Å². The normalized spacial score (nSPS) is 12.9. The maximum absolute atomic E-state index is 13.1. The standard InChI is InChI=1S/C30H44N4O5/c1-5-34(19-20-35)39-28(22-24-9-7-6-8-10-24)30(38)32-17-18-33(4)27(29(37)31-16-15-23(2)3)21-25-11-13-26(36)14-12-25/h6-14,20,23,27-28,36H,5,15-19,21-22H2,1-4H3,(H,31,37)(H,32,38). The molecule has 39 heavy (non-hydrogen) atoms. The van der Waals surface area contributed by atoms with Crippen LogP contribution in [-0.2, 0) is 32.1 Å². The molecule has 2 unspecified atom stereocenters. The van der Waals surface area contributed by atoms with Gasteiger partial charge in [0.1, 0.15) is 12.0 Å². The van der Waals surface area contributed by atoms with Gasteiger partial charge in [0.25, 0.3) is 5.91 Å². The Kier molecular flexibility index (Phi) is 14.2. The summed E-state index contributed by atoms with van der Waals surface area (Å²) >= 11 is 0. The molecule has 0 spiro atoms. The lowest BCUT2D eigenvalue weighted by Crippen LogP contribution is -2.50. The summed E-state index contributed by atoms with van der Waals surface area (Å²) in [6.45, 7) is 7.97. The molecule has 0 saturated heterocycles. The number of benzene rings is 2. The lowest BCUT2D eigenvalue weighted by atomic mass is 10.0. The molecule has 0 aromatic heterocycles. The number of aromatic hydroxyl groups is 1. The lowest BCUT2D eigenvalue weighted by molar-refractivity contribution is -0.197. The van der Waals surface area contributed by atoms with E-state index in [9.17, 15) is 19.5 Å². The minimum Gasteiger partial charge on any atom is -0.508 e. The van der Waals surface area contributed by atoms with Gasteiger partial charge in [-0.05, 0) is 49.1 Å². The Bertz CT molecular complexity index is 1000. The van der Waals surface area contributed by atoms with Crippen LogP contribution in [0, 0.1) is 5.92 Å². The Balaban J connectivity index is 2.03. The summed E-state index contributed by atoms with van der Waals surface area (Å²) < 4.78 is 0. The number of nitrogens with one attached hydrogen (secondary N) is 2. The first kappa shape index (κ1) is 31.9. The van der Waals surface area contributed by atoms with Gasteiger partial charge in [0.15, 0.2) is 6.10 Å². The van der Waals surface area contributed by atoms with Gasteiger partial charge in [-0.3, -0.25) is 19.3 Å². The summed E-state index contributed by atoms with van der Waals surface area (Å²) in [5.74, 6) is 0.299. The Morgan fingerprint density at radius 1 is 0.949 bits per heavy atom. The molecule has 0 aliphatic heterocycles. The van der Waals surface area contributed by atoms with E-state index in [0.29, 0.717) is 44.9 Å². The van der Waals surface area contributed by atoms with E-state index >= 15 is 0 Å². The second-order valence-corrected chi connectivity index (χ2v) is 10.1. The predicted molar refractivity (Wildman–Crippen MR) is 152 cm³/mol.